The molecule has 0 fully saturated rings. The van der Waals surface area contributed by atoms with E-state index in [-0.39, 0.29) is 5.91 Å². The second-order valence-corrected chi connectivity index (χ2v) is 4.98. The van der Waals surface area contributed by atoms with Crippen LogP contribution < -0.4 is 4.74 Å². The molecule has 1 amide bonds. The second kappa shape index (κ2) is 5.37. The Kier molecular flexibility index (Phi) is 3.42. The number of amides is 1. The quantitative estimate of drug-likeness (QED) is 0.837. The number of ether oxygens (including phenoxy) is 1. The second-order valence-electron chi connectivity index (χ2n) is 4.98. The summed E-state index contributed by atoms with van der Waals surface area (Å²) in [7, 11) is 1.68. The fourth-order valence-corrected chi connectivity index (χ4v) is 2.59. The first-order valence-corrected chi connectivity index (χ1v) is 6.78. The number of hydrogen-bond donors (Lipinski definition) is 0. The van der Waals surface area contributed by atoms with Gasteiger partial charge in [-0.15, -0.1) is 0 Å². The Morgan fingerprint density at radius 1 is 1.10 bits per heavy atom. The van der Waals surface area contributed by atoms with Crippen molar-refractivity contribution < 1.29 is 9.53 Å². The predicted octanol–water partition coefficient (Wildman–Crippen LogP) is 2.89. The molecule has 2 aromatic rings. The fourth-order valence-electron chi connectivity index (χ4n) is 2.59. The summed E-state index contributed by atoms with van der Waals surface area (Å²) in [6.07, 6.45) is 0.880. The van der Waals surface area contributed by atoms with E-state index in [1.165, 1.54) is 11.1 Å². The molecule has 1 aliphatic heterocycles. The number of benzene rings is 2. The highest BCUT2D eigenvalue weighted by Gasteiger charge is 2.21. The zero-order valence-electron chi connectivity index (χ0n) is 11.5. The molecule has 3 nitrogen and oxygen atoms in total. The third-order valence-electron chi connectivity index (χ3n) is 3.73. The number of nitrogens with zero attached hydrogens (tertiary/aromatic N) is 1. The van der Waals surface area contributed by atoms with E-state index in [2.05, 4.69) is 12.1 Å². The minimum absolute atomic E-state index is 0.104. The van der Waals surface area contributed by atoms with Gasteiger partial charge in [0.15, 0.2) is 0 Å². The van der Waals surface area contributed by atoms with Crippen LogP contribution >= 0.6 is 0 Å². The van der Waals surface area contributed by atoms with Crippen LogP contribution in [0, 0.1) is 0 Å². The molecule has 0 bridgehead atoms. The average Bonchev–Trinajstić information content (AvgIpc) is 2.54. The number of methoxy groups -OCH3 is 1. The molecule has 0 aromatic heterocycles. The van der Waals surface area contributed by atoms with E-state index in [0.717, 1.165) is 24.3 Å². The van der Waals surface area contributed by atoms with Crippen molar-refractivity contribution in [3.8, 4) is 5.75 Å². The lowest BCUT2D eigenvalue weighted by Crippen LogP contribution is -2.35. The third-order valence-corrected chi connectivity index (χ3v) is 3.73. The highest BCUT2D eigenvalue weighted by molar-refractivity contribution is 5.94. The number of rotatable bonds is 2. The number of fused-ring (bicyclic) bond motifs is 1. The van der Waals surface area contributed by atoms with Crippen molar-refractivity contribution in [2.75, 3.05) is 13.7 Å². The monoisotopic (exact) mass is 267 g/mol. The van der Waals surface area contributed by atoms with Crippen LogP contribution in [0.25, 0.3) is 0 Å². The lowest BCUT2D eigenvalue weighted by molar-refractivity contribution is 0.0734. The molecular weight excluding hydrogens is 250 g/mol. The Hall–Kier alpha value is -2.29. The molecule has 3 heteroatoms. The maximum atomic E-state index is 12.4. The first kappa shape index (κ1) is 12.7. The highest BCUT2D eigenvalue weighted by atomic mass is 16.5. The van der Waals surface area contributed by atoms with Crippen LogP contribution in [-0.2, 0) is 13.0 Å². The number of hydrogen-bond acceptors (Lipinski definition) is 2. The van der Waals surface area contributed by atoms with Gasteiger partial charge in [0.1, 0.15) is 5.75 Å². The van der Waals surface area contributed by atoms with Crippen LogP contribution in [0.2, 0.25) is 0 Å². The van der Waals surface area contributed by atoms with Gasteiger partial charge in [-0.05, 0) is 41.8 Å². The van der Waals surface area contributed by atoms with Crippen molar-refractivity contribution in [1.82, 2.24) is 4.90 Å². The van der Waals surface area contributed by atoms with Gasteiger partial charge in [0.05, 0.1) is 7.11 Å². The molecule has 1 heterocycles. The van der Waals surface area contributed by atoms with Gasteiger partial charge < -0.3 is 9.64 Å². The number of carbonyl (C=O) groups is 1. The summed E-state index contributed by atoms with van der Waals surface area (Å²) >= 11 is 0. The van der Waals surface area contributed by atoms with E-state index in [1.807, 2.05) is 41.3 Å². The topological polar surface area (TPSA) is 29.5 Å². The molecule has 1 aliphatic rings. The summed E-state index contributed by atoms with van der Waals surface area (Å²) in [6.45, 7) is 1.43. The summed E-state index contributed by atoms with van der Waals surface area (Å²) < 4.78 is 5.24. The molecule has 2 aromatic carbocycles. The van der Waals surface area contributed by atoms with Crippen molar-refractivity contribution in [2.24, 2.45) is 0 Å². The molecule has 0 atom stereocenters. The highest BCUT2D eigenvalue weighted by Crippen LogP contribution is 2.24. The molecule has 102 valence electrons. The van der Waals surface area contributed by atoms with Crippen LogP contribution in [0.4, 0.5) is 0 Å². The van der Waals surface area contributed by atoms with E-state index in [0.29, 0.717) is 6.54 Å². The molecule has 0 saturated carbocycles. The SMILES string of the molecule is COc1ccc2c(c1)CCN(C(=O)c1ccccc1)C2. The van der Waals surface area contributed by atoms with Gasteiger partial charge in [0.25, 0.3) is 5.91 Å². The van der Waals surface area contributed by atoms with Gasteiger partial charge in [-0.2, -0.15) is 0 Å². The number of carbonyl (C=O) groups excluding carboxylic acids is 1. The van der Waals surface area contributed by atoms with Gasteiger partial charge in [-0.25, -0.2) is 0 Å². The minimum Gasteiger partial charge on any atom is -0.497 e. The molecule has 0 unspecified atom stereocenters. The van der Waals surface area contributed by atoms with Crippen molar-refractivity contribution in [2.45, 2.75) is 13.0 Å². The molecular formula is C17H17NO2. The summed E-state index contributed by atoms with van der Waals surface area (Å²) in [4.78, 5) is 14.3. The molecule has 0 saturated heterocycles. The van der Waals surface area contributed by atoms with Gasteiger partial charge in [-0.3, -0.25) is 4.79 Å². The molecule has 20 heavy (non-hydrogen) atoms. The first-order valence-electron chi connectivity index (χ1n) is 6.78. The summed E-state index contributed by atoms with van der Waals surface area (Å²) in [5.41, 5.74) is 3.24. The minimum atomic E-state index is 0.104. The van der Waals surface area contributed by atoms with Crippen molar-refractivity contribution in [3.63, 3.8) is 0 Å². The molecule has 3 rings (SSSR count). The summed E-state index contributed by atoms with van der Waals surface area (Å²) in [6, 6.07) is 15.5. The normalized spacial score (nSPS) is 13.8. The van der Waals surface area contributed by atoms with E-state index in [9.17, 15) is 4.79 Å². The Morgan fingerprint density at radius 3 is 2.65 bits per heavy atom. The zero-order valence-corrected chi connectivity index (χ0v) is 11.5. The van der Waals surface area contributed by atoms with Gasteiger partial charge in [0.2, 0.25) is 0 Å². The van der Waals surface area contributed by atoms with Crippen LogP contribution in [0.1, 0.15) is 21.5 Å². The molecule has 0 N–H and O–H groups in total. The fraction of sp³-hybridized carbons (Fsp3) is 0.235. The Morgan fingerprint density at radius 2 is 1.90 bits per heavy atom. The van der Waals surface area contributed by atoms with E-state index in [4.69, 9.17) is 4.74 Å². The van der Waals surface area contributed by atoms with Crippen molar-refractivity contribution in [3.05, 3.63) is 65.2 Å². The lowest BCUT2D eigenvalue weighted by Gasteiger charge is -2.29. The van der Waals surface area contributed by atoms with Crippen LogP contribution in [0.15, 0.2) is 48.5 Å². The van der Waals surface area contributed by atoms with Gasteiger partial charge >= 0.3 is 0 Å². The Bertz CT molecular complexity index is 622. The Labute approximate surface area is 118 Å². The van der Waals surface area contributed by atoms with Crippen LogP contribution in [-0.4, -0.2) is 24.5 Å². The largest absolute Gasteiger partial charge is 0.497 e. The molecule has 0 spiro atoms. The van der Waals surface area contributed by atoms with Crippen LogP contribution in [0.5, 0.6) is 5.75 Å². The van der Waals surface area contributed by atoms with E-state index >= 15 is 0 Å². The summed E-state index contributed by atoms with van der Waals surface area (Å²) in [5.74, 6) is 0.985. The lowest BCUT2D eigenvalue weighted by atomic mass is 9.99. The molecule has 0 aliphatic carbocycles. The summed E-state index contributed by atoms with van der Waals surface area (Å²) in [5, 5.41) is 0. The Balaban J connectivity index is 1.80. The van der Waals surface area contributed by atoms with Crippen molar-refractivity contribution >= 4 is 5.91 Å². The molecule has 0 radical (unpaired) electrons. The average molecular weight is 267 g/mol. The predicted molar refractivity (Wildman–Crippen MR) is 77.9 cm³/mol. The zero-order chi connectivity index (χ0) is 13.9. The van der Waals surface area contributed by atoms with E-state index < -0.39 is 0 Å². The van der Waals surface area contributed by atoms with E-state index in [1.54, 1.807) is 7.11 Å². The van der Waals surface area contributed by atoms with Gasteiger partial charge in [-0.1, -0.05) is 24.3 Å². The van der Waals surface area contributed by atoms with Gasteiger partial charge in [0, 0.05) is 18.7 Å². The third kappa shape index (κ3) is 2.39. The first-order chi connectivity index (χ1) is 9.78. The van der Waals surface area contributed by atoms with Crippen molar-refractivity contribution in [1.29, 1.82) is 0 Å². The maximum Gasteiger partial charge on any atom is 0.254 e. The van der Waals surface area contributed by atoms with Crippen LogP contribution in [0.3, 0.4) is 0 Å². The standard InChI is InChI=1S/C17H17NO2/c1-20-16-8-7-15-12-18(10-9-14(15)11-16)17(19)13-5-3-2-4-6-13/h2-8,11H,9-10,12H2,1H3. The maximum absolute atomic E-state index is 12.4. The smallest absolute Gasteiger partial charge is 0.254 e.